The van der Waals surface area contributed by atoms with Crippen LogP contribution in [-0.2, 0) is 0 Å². The predicted molar refractivity (Wildman–Crippen MR) is 55.3 cm³/mol. The molecule has 0 spiro atoms. The molecule has 0 N–H and O–H groups in total. The van der Waals surface area contributed by atoms with Crippen LogP contribution in [0.25, 0.3) is 5.57 Å². The molecule has 0 nitrogen and oxygen atoms in total. The molecule has 66 valence electrons. The first kappa shape index (κ1) is 6.42. The van der Waals surface area contributed by atoms with Crippen LogP contribution in [0.5, 0.6) is 0 Å². The van der Waals surface area contributed by atoms with E-state index in [-0.39, 0.29) is 0 Å². The lowest BCUT2D eigenvalue weighted by Crippen LogP contribution is -1.95. The van der Waals surface area contributed by atoms with E-state index in [1.165, 1.54) is 30.4 Å². The Bertz CT molecular complexity index is 377. The third kappa shape index (κ3) is 1.13. The molecule has 0 radical (unpaired) electrons. The van der Waals surface area contributed by atoms with Gasteiger partial charge in [-0.2, -0.15) is 0 Å². The number of rotatable bonds is 1. The Balaban J connectivity index is 2.07. The minimum Gasteiger partial charge on any atom is -0.0773 e. The lowest BCUT2D eigenvalue weighted by Gasteiger charge is -2.12. The van der Waals surface area contributed by atoms with Crippen LogP contribution < -0.4 is 0 Å². The van der Waals surface area contributed by atoms with E-state index in [0.717, 1.165) is 6.05 Å². The van der Waals surface area contributed by atoms with E-state index >= 15 is 0 Å². The quantitative estimate of drug-likeness (QED) is 0.606. The van der Waals surface area contributed by atoms with Crippen molar-refractivity contribution in [3.05, 3.63) is 41.9 Å². The van der Waals surface area contributed by atoms with Crippen molar-refractivity contribution in [3.8, 4) is 0 Å². The van der Waals surface area contributed by atoms with Crippen LogP contribution in [0.1, 0.15) is 26.2 Å². The lowest BCUT2D eigenvalue weighted by atomic mass is 9.92. The molecule has 0 heterocycles. The molecule has 2 aliphatic rings. The highest BCUT2D eigenvalue weighted by atomic mass is 14.4. The van der Waals surface area contributed by atoms with E-state index in [2.05, 4.69) is 24.3 Å². The zero-order valence-corrected chi connectivity index (χ0v) is 7.66. The molecule has 3 rings (SSSR count). The fraction of sp³-hybridized carbons (Fsp3) is 0.385. The van der Waals surface area contributed by atoms with Crippen molar-refractivity contribution in [2.24, 2.45) is 11.8 Å². The molecule has 2 bridgehead atoms. The van der Waals surface area contributed by atoms with E-state index in [0.29, 0.717) is 11.8 Å². The highest BCUT2D eigenvalue weighted by Crippen LogP contribution is 2.47. The summed E-state index contributed by atoms with van der Waals surface area (Å²) in [6.45, 7) is 0. The molecule has 2 atom stereocenters. The van der Waals surface area contributed by atoms with Crippen molar-refractivity contribution in [2.75, 3.05) is 0 Å². The second kappa shape index (κ2) is 2.73. The highest BCUT2D eigenvalue weighted by molar-refractivity contribution is 5.70. The van der Waals surface area contributed by atoms with Crippen LogP contribution in [-0.4, -0.2) is 0 Å². The minimum absolute atomic E-state index is 0.579. The Labute approximate surface area is 80.7 Å². The maximum absolute atomic E-state index is 8.09. The van der Waals surface area contributed by atoms with Gasteiger partial charge in [0.1, 0.15) is 0 Å². The molecule has 0 aromatic heterocycles. The normalized spacial score (nSPS) is 32.5. The van der Waals surface area contributed by atoms with Crippen molar-refractivity contribution >= 4 is 5.57 Å². The molecule has 1 aromatic carbocycles. The molecular weight excluding hydrogens is 156 g/mol. The van der Waals surface area contributed by atoms with Crippen LogP contribution >= 0.6 is 0 Å². The van der Waals surface area contributed by atoms with Gasteiger partial charge in [0.15, 0.2) is 0 Å². The van der Waals surface area contributed by atoms with E-state index < -0.39 is 0 Å². The van der Waals surface area contributed by atoms with Gasteiger partial charge in [-0.3, -0.25) is 0 Å². The standard InChI is InChI=1S/C13H14/c1-2-4-11(5-3-1)13-9-10-6-7-12(13)8-10/h1-5,9-10,12H,6-8H2/t10-,12+/m0/s1/i9D. The summed E-state index contributed by atoms with van der Waals surface area (Å²) in [6.07, 6.45) is 3.79. The summed E-state index contributed by atoms with van der Waals surface area (Å²) < 4.78 is 8.09. The smallest absolute Gasteiger partial charge is 0.0582 e. The maximum Gasteiger partial charge on any atom is 0.0582 e. The average molecular weight is 171 g/mol. The average Bonchev–Trinajstić information content (AvgIpc) is 2.79. The maximum atomic E-state index is 8.09. The van der Waals surface area contributed by atoms with Crippen molar-refractivity contribution in [3.63, 3.8) is 0 Å². The number of allylic oxidation sites excluding steroid dienone is 2. The first-order valence-electron chi connectivity index (χ1n) is 5.62. The van der Waals surface area contributed by atoms with Gasteiger partial charge in [-0.15, -0.1) is 0 Å². The van der Waals surface area contributed by atoms with Crippen molar-refractivity contribution in [1.29, 1.82) is 0 Å². The molecule has 1 saturated carbocycles. The first-order valence-corrected chi connectivity index (χ1v) is 5.12. The fourth-order valence-corrected chi connectivity index (χ4v) is 2.65. The second-order valence-corrected chi connectivity index (χ2v) is 4.13. The molecule has 0 unspecified atom stereocenters. The van der Waals surface area contributed by atoms with E-state index in [9.17, 15) is 0 Å². The SMILES string of the molecule is [2H]C1=C(c2ccccc2)[C@@H]2CC[C@H]1C2. The fourth-order valence-electron chi connectivity index (χ4n) is 2.65. The molecule has 1 aromatic rings. The van der Waals surface area contributed by atoms with E-state index in [1.807, 2.05) is 6.07 Å². The van der Waals surface area contributed by atoms with Gasteiger partial charge in [0.2, 0.25) is 0 Å². The van der Waals surface area contributed by atoms with E-state index in [1.54, 1.807) is 0 Å². The molecular formula is C13H14. The highest BCUT2D eigenvalue weighted by Gasteiger charge is 2.32. The van der Waals surface area contributed by atoms with Gasteiger partial charge in [0.05, 0.1) is 1.37 Å². The molecule has 0 saturated heterocycles. The number of hydrogen-bond donors (Lipinski definition) is 0. The third-order valence-electron chi connectivity index (χ3n) is 3.29. The molecule has 0 amide bonds. The Morgan fingerprint density at radius 3 is 2.69 bits per heavy atom. The van der Waals surface area contributed by atoms with Gasteiger partial charge in [0, 0.05) is 0 Å². The van der Waals surface area contributed by atoms with Gasteiger partial charge in [-0.25, -0.2) is 0 Å². The van der Waals surface area contributed by atoms with Crippen molar-refractivity contribution in [1.82, 2.24) is 0 Å². The monoisotopic (exact) mass is 171 g/mol. The first-order chi connectivity index (χ1) is 6.86. The minimum atomic E-state index is 0.579. The number of fused-ring (bicyclic) bond motifs is 2. The van der Waals surface area contributed by atoms with Crippen molar-refractivity contribution in [2.45, 2.75) is 19.3 Å². The van der Waals surface area contributed by atoms with Crippen molar-refractivity contribution < 1.29 is 1.37 Å². The van der Waals surface area contributed by atoms with Gasteiger partial charge in [-0.1, -0.05) is 36.4 Å². The Kier molecular flexibility index (Phi) is 1.35. The summed E-state index contributed by atoms with van der Waals surface area (Å²) in [7, 11) is 0. The Morgan fingerprint density at radius 1 is 1.15 bits per heavy atom. The largest absolute Gasteiger partial charge is 0.0773 e. The number of hydrogen-bond acceptors (Lipinski definition) is 0. The summed E-state index contributed by atoms with van der Waals surface area (Å²) in [6, 6.07) is 11.4. The van der Waals surface area contributed by atoms with Gasteiger partial charge < -0.3 is 0 Å². The summed E-state index contributed by atoms with van der Waals surface area (Å²) in [5.41, 5.74) is 2.62. The zero-order chi connectivity index (χ0) is 9.54. The van der Waals surface area contributed by atoms with Crippen LogP contribution in [0, 0.1) is 11.8 Å². The van der Waals surface area contributed by atoms with Gasteiger partial charge in [0.25, 0.3) is 0 Å². The summed E-state index contributed by atoms with van der Waals surface area (Å²) in [5.74, 6) is 1.27. The zero-order valence-electron chi connectivity index (χ0n) is 8.66. The van der Waals surface area contributed by atoms with Crippen LogP contribution in [0.15, 0.2) is 36.4 Å². The summed E-state index contributed by atoms with van der Waals surface area (Å²) in [5, 5.41) is 0. The summed E-state index contributed by atoms with van der Waals surface area (Å²) in [4.78, 5) is 0. The van der Waals surface area contributed by atoms with Gasteiger partial charge >= 0.3 is 0 Å². The Hall–Kier alpha value is -1.04. The molecule has 1 fully saturated rings. The topological polar surface area (TPSA) is 0 Å². The van der Waals surface area contributed by atoms with Gasteiger partial charge in [-0.05, 0) is 42.2 Å². The van der Waals surface area contributed by atoms with Crippen LogP contribution in [0.4, 0.5) is 0 Å². The third-order valence-corrected chi connectivity index (χ3v) is 3.29. The van der Waals surface area contributed by atoms with Crippen LogP contribution in [0.2, 0.25) is 0 Å². The lowest BCUT2D eigenvalue weighted by molar-refractivity contribution is 0.695. The Morgan fingerprint density at radius 2 is 2.00 bits per heavy atom. The predicted octanol–water partition coefficient (Wildman–Crippen LogP) is 3.50. The summed E-state index contributed by atoms with van der Waals surface area (Å²) >= 11 is 0. The molecule has 2 aliphatic carbocycles. The van der Waals surface area contributed by atoms with E-state index in [4.69, 9.17) is 1.37 Å². The molecule has 13 heavy (non-hydrogen) atoms. The second-order valence-electron chi connectivity index (χ2n) is 4.13. The molecule has 0 heteroatoms. The number of benzene rings is 1. The van der Waals surface area contributed by atoms with Crippen LogP contribution in [0.3, 0.4) is 0 Å². The molecule has 0 aliphatic heterocycles.